The molecule has 6 heteroatoms. The van der Waals surface area contributed by atoms with Crippen LogP contribution in [0.3, 0.4) is 0 Å². The third-order valence-electron chi connectivity index (χ3n) is 4.34. The summed E-state index contributed by atoms with van der Waals surface area (Å²) < 4.78 is 23.0. The van der Waals surface area contributed by atoms with Crippen LogP contribution in [0.4, 0.5) is 0 Å². The number of sulfonamides is 1. The van der Waals surface area contributed by atoms with Gasteiger partial charge in [0, 0.05) is 11.1 Å². The molecule has 3 N–H and O–H groups in total. The number of amides is 1. The van der Waals surface area contributed by atoms with E-state index in [9.17, 15) is 13.2 Å². The Hall–Kier alpha value is -1.40. The van der Waals surface area contributed by atoms with Gasteiger partial charge < -0.3 is 5.32 Å². The van der Waals surface area contributed by atoms with Crippen molar-refractivity contribution < 1.29 is 13.2 Å². The van der Waals surface area contributed by atoms with E-state index >= 15 is 0 Å². The van der Waals surface area contributed by atoms with Crippen molar-refractivity contribution >= 4 is 15.9 Å². The largest absolute Gasteiger partial charge is 0.347 e. The molecule has 0 heterocycles. The van der Waals surface area contributed by atoms with Crippen LogP contribution in [-0.4, -0.2) is 19.9 Å². The topological polar surface area (TPSA) is 89.3 Å². The molecule has 0 bridgehead atoms. The van der Waals surface area contributed by atoms with Gasteiger partial charge in [-0.25, -0.2) is 13.6 Å². The fraction of sp³-hybridized carbons (Fsp3) is 0.533. The van der Waals surface area contributed by atoms with Gasteiger partial charge >= 0.3 is 0 Å². The van der Waals surface area contributed by atoms with E-state index < -0.39 is 10.0 Å². The first-order chi connectivity index (χ1) is 9.62. The van der Waals surface area contributed by atoms with E-state index in [2.05, 4.69) is 5.32 Å². The highest BCUT2D eigenvalue weighted by Crippen LogP contribution is 2.29. The summed E-state index contributed by atoms with van der Waals surface area (Å²) in [6.45, 7) is 5.62. The molecule has 0 unspecified atom stereocenters. The van der Waals surface area contributed by atoms with Crippen molar-refractivity contribution in [3.8, 4) is 0 Å². The summed E-state index contributed by atoms with van der Waals surface area (Å²) in [4.78, 5) is 12.5. The molecule has 1 saturated carbocycles. The highest BCUT2D eigenvalue weighted by atomic mass is 32.2. The predicted octanol–water partition coefficient (Wildman–Crippen LogP) is 2.01. The molecule has 1 aromatic rings. The van der Waals surface area contributed by atoms with E-state index in [1.54, 1.807) is 6.92 Å². The summed E-state index contributed by atoms with van der Waals surface area (Å²) in [5, 5.41) is 8.22. The van der Waals surface area contributed by atoms with Crippen LogP contribution in [0.1, 0.15) is 54.1 Å². The third-order valence-corrected chi connectivity index (χ3v) is 5.23. The van der Waals surface area contributed by atoms with Crippen molar-refractivity contribution in [2.45, 2.75) is 56.9 Å². The van der Waals surface area contributed by atoms with Crippen molar-refractivity contribution in [3.05, 3.63) is 28.8 Å². The molecule has 21 heavy (non-hydrogen) atoms. The molecule has 1 fully saturated rings. The molecule has 0 radical (unpaired) electrons. The van der Waals surface area contributed by atoms with Crippen molar-refractivity contribution in [1.82, 2.24) is 5.32 Å². The van der Waals surface area contributed by atoms with Crippen LogP contribution in [0.25, 0.3) is 0 Å². The predicted molar refractivity (Wildman–Crippen MR) is 81.6 cm³/mol. The van der Waals surface area contributed by atoms with E-state index in [-0.39, 0.29) is 16.3 Å². The highest BCUT2D eigenvalue weighted by molar-refractivity contribution is 7.89. The number of hydrogen-bond donors (Lipinski definition) is 2. The van der Waals surface area contributed by atoms with E-state index in [0.717, 1.165) is 36.8 Å². The molecule has 0 spiro atoms. The Morgan fingerprint density at radius 1 is 1.24 bits per heavy atom. The second-order valence-electron chi connectivity index (χ2n) is 6.18. The molecule has 1 aliphatic carbocycles. The fourth-order valence-corrected chi connectivity index (χ4v) is 3.47. The molecule has 5 nitrogen and oxygen atoms in total. The third kappa shape index (κ3) is 3.44. The number of hydrogen-bond acceptors (Lipinski definition) is 3. The van der Waals surface area contributed by atoms with Gasteiger partial charge in [-0.05, 0) is 56.9 Å². The Kier molecular flexibility index (Phi) is 4.13. The summed E-state index contributed by atoms with van der Waals surface area (Å²) in [5.74, 6) is -0.231. The van der Waals surface area contributed by atoms with Crippen molar-refractivity contribution in [2.24, 2.45) is 5.14 Å². The van der Waals surface area contributed by atoms with Crippen molar-refractivity contribution in [1.29, 1.82) is 0 Å². The first-order valence-electron chi connectivity index (χ1n) is 7.09. The maximum atomic E-state index is 12.5. The molecule has 0 atom stereocenters. The van der Waals surface area contributed by atoms with Gasteiger partial charge in [-0.3, -0.25) is 4.79 Å². The number of aryl methyl sites for hydroxylation is 1. The van der Waals surface area contributed by atoms with E-state index in [1.807, 2.05) is 13.8 Å². The van der Waals surface area contributed by atoms with Gasteiger partial charge in [0.05, 0.1) is 4.90 Å². The second kappa shape index (κ2) is 5.42. The van der Waals surface area contributed by atoms with Gasteiger partial charge in [-0.15, -0.1) is 0 Å². The van der Waals surface area contributed by atoms with Gasteiger partial charge in [0.25, 0.3) is 5.91 Å². The van der Waals surface area contributed by atoms with Crippen molar-refractivity contribution in [2.75, 3.05) is 0 Å². The minimum Gasteiger partial charge on any atom is -0.347 e. The Labute approximate surface area is 126 Å². The van der Waals surface area contributed by atoms with E-state index in [1.165, 1.54) is 12.1 Å². The summed E-state index contributed by atoms with van der Waals surface area (Å²) in [7, 11) is -3.82. The summed E-state index contributed by atoms with van der Waals surface area (Å²) in [6, 6.07) is 2.87. The zero-order chi connectivity index (χ0) is 15.8. The zero-order valence-electron chi connectivity index (χ0n) is 12.7. The Morgan fingerprint density at radius 2 is 1.81 bits per heavy atom. The van der Waals surface area contributed by atoms with E-state index in [0.29, 0.717) is 5.56 Å². The van der Waals surface area contributed by atoms with Gasteiger partial charge in [-0.2, -0.15) is 0 Å². The number of benzene rings is 1. The van der Waals surface area contributed by atoms with Crippen LogP contribution >= 0.6 is 0 Å². The normalized spacial score (nSPS) is 17.7. The zero-order valence-corrected chi connectivity index (χ0v) is 13.5. The molecule has 1 aliphatic rings. The molecule has 0 aliphatic heterocycles. The lowest BCUT2D eigenvalue weighted by Crippen LogP contribution is -2.43. The number of rotatable bonds is 3. The lowest BCUT2D eigenvalue weighted by atomic mass is 9.98. The smallest absolute Gasteiger partial charge is 0.252 e. The number of nitrogens with one attached hydrogen (secondary N) is 1. The van der Waals surface area contributed by atoms with Gasteiger partial charge in [0.15, 0.2) is 0 Å². The monoisotopic (exact) mass is 310 g/mol. The van der Waals surface area contributed by atoms with Gasteiger partial charge in [0.1, 0.15) is 0 Å². The lowest BCUT2D eigenvalue weighted by Gasteiger charge is -2.26. The maximum Gasteiger partial charge on any atom is 0.252 e. The minimum atomic E-state index is -3.82. The summed E-state index contributed by atoms with van der Waals surface area (Å²) in [5.41, 5.74) is 1.70. The van der Waals surface area contributed by atoms with Crippen LogP contribution < -0.4 is 10.5 Å². The maximum absolute atomic E-state index is 12.5. The molecule has 1 amide bonds. The fourth-order valence-electron chi connectivity index (χ4n) is 2.85. The van der Waals surface area contributed by atoms with Gasteiger partial charge in [-0.1, -0.05) is 12.8 Å². The summed E-state index contributed by atoms with van der Waals surface area (Å²) >= 11 is 0. The highest BCUT2D eigenvalue weighted by Gasteiger charge is 2.31. The Balaban J connectivity index is 2.38. The van der Waals surface area contributed by atoms with Gasteiger partial charge in [0.2, 0.25) is 10.0 Å². The second-order valence-corrected chi connectivity index (χ2v) is 7.74. The molecular formula is C15H22N2O3S. The molecule has 2 rings (SSSR count). The standard InChI is InChI=1S/C15H22N2O3S/c1-10-8-12(21(16,19)20)9-13(11(10)2)14(18)17-15(3)6-4-5-7-15/h8-9H,4-7H2,1-3H3,(H,17,18)(H2,16,19,20). The average molecular weight is 310 g/mol. The number of carbonyl (C=O) groups is 1. The van der Waals surface area contributed by atoms with Crippen LogP contribution in [0.2, 0.25) is 0 Å². The van der Waals surface area contributed by atoms with Crippen LogP contribution in [0, 0.1) is 13.8 Å². The number of carbonyl (C=O) groups excluding carboxylic acids is 1. The lowest BCUT2D eigenvalue weighted by molar-refractivity contribution is 0.0907. The Bertz CT molecular complexity index is 674. The SMILES string of the molecule is Cc1cc(S(N)(=O)=O)cc(C(=O)NC2(C)CCCC2)c1C. The molecule has 0 saturated heterocycles. The van der Waals surface area contributed by atoms with E-state index in [4.69, 9.17) is 5.14 Å². The molecular weight excluding hydrogens is 288 g/mol. The van der Waals surface area contributed by atoms with Crippen LogP contribution in [0.5, 0.6) is 0 Å². The minimum absolute atomic E-state index is 0.0210. The van der Waals surface area contributed by atoms with Crippen LogP contribution in [0.15, 0.2) is 17.0 Å². The average Bonchev–Trinajstić information content (AvgIpc) is 2.77. The molecule has 1 aromatic carbocycles. The van der Waals surface area contributed by atoms with Crippen molar-refractivity contribution in [3.63, 3.8) is 0 Å². The molecule has 0 aromatic heterocycles. The first-order valence-corrected chi connectivity index (χ1v) is 8.64. The molecule has 116 valence electrons. The number of primary sulfonamides is 1. The Morgan fingerprint density at radius 3 is 2.33 bits per heavy atom. The first kappa shape index (κ1) is 16.0. The summed E-state index contributed by atoms with van der Waals surface area (Å²) in [6.07, 6.45) is 4.11. The van der Waals surface area contributed by atoms with Crippen LogP contribution in [-0.2, 0) is 10.0 Å². The number of nitrogens with two attached hydrogens (primary N) is 1. The quantitative estimate of drug-likeness (QED) is 0.895.